The smallest absolute Gasteiger partial charge is 0.155 e. The first-order valence-corrected chi connectivity index (χ1v) is 5.50. The topological polar surface area (TPSA) is 17.1 Å². The lowest BCUT2D eigenvalue weighted by molar-refractivity contribution is -0.114. The molecular weight excluding hydrogens is 208 g/mol. The minimum atomic E-state index is 0.244. The molecular formula is C13H13ClO. The molecule has 2 rings (SSSR count). The summed E-state index contributed by atoms with van der Waals surface area (Å²) in [4.78, 5) is 11.1. The van der Waals surface area contributed by atoms with Gasteiger partial charge < -0.3 is 0 Å². The Labute approximate surface area is 94.8 Å². The predicted molar refractivity (Wildman–Crippen MR) is 62.2 cm³/mol. The molecule has 15 heavy (non-hydrogen) atoms. The molecule has 0 atom stereocenters. The van der Waals surface area contributed by atoms with E-state index in [2.05, 4.69) is 6.07 Å². The summed E-state index contributed by atoms with van der Waals surface area (Å²) in [7, 11) is 0. The minimum absolute atomic E-state index is 0.244. The lowest BCUT2D eigenvalue weighted by Crippen LogP contribution is -1.89. The fourth-order valence-electron chi connectivity index (χ4n) is 1.84. The van der Waals surface area contributed by atoms with Crippen molar-refractivity contribution in [1.29, 1.82) is 0 Å². The number of rotatable bonds is 2. The summed E-state index contributed by atoms with van der Waals surface area (Å²) in [5, 5.41) is 0.801. The predicted octanol–water partition coefficient (Wildman–Crippen LogP) is 3.48. The Morgan fingerprint density at radius 3 is 2.73 bits per heavy atom. The van der Waals surface area contributed by atoms with Crippen LogP contribution in [0.25, 0.3) is 0 Å². The molecule has 0 fully saturated rings. The Morgan fingerprint density at radius 1 is 1.33 bits per heavy atom. The third-order valence-electron chi connectivity index (χ3n) is 2.68. The van der Waals surface area contributed by atoms with E-state index >= 15 is 0 Å². The van der Waals surface area contributed by atoms with Crippen molar-refractivity contribution < 1.29 is 4.79 Å². The molecule has 1 aromatic rings. The van der Waals surface area contributed by atoms with E-state index in [1.807, 2.05) is 19.1 Å². The van der Waals surface area contributed by atoms with E-state index in [0.29, 0.717) is 6.42 Å². The second-order valence-corrected chi connectivity index (χ2v) is 4.45. The number of carbonyl (C=O) groups is 1. The van der Waals surface area contributed by atoms with Crippen LogP contribution in [0.15, 0.2) is 29.8 Å². The van der Waals surface area contributed by atoms with E-state index in [1.54, 1.807) is 6.08 Å². The first kappa shape index (κ1) is 10.4. The van der Waals surface area contributed by atoms with Crippen LogP contribution < -0.4 is 0 Å². The number of carbonyl (C=O) groups excluding carboxylic acids is 1. The third kappa shape index (κ3) is 2.48. The summed E-state index contributed by atoms with van der Waals surface area (Å²) in [6.07, 6.45) is 4.13. The summed E-state index contributed by atoms with van der Waals surface area (Å²) >= 11 is 6.13. The van der Waals surface area contributed by atoms with Gasteiger partial charge in [0.15, 0.2) is 5.78 Å². The molecule has 0 saturated heterocycles. The standard InChI is InChI=1S/C13H13ClO/c1-9-2-4-11(13(14)6-9)7-10-3-5-12(15)8-10/h2,4,6,8H,3,5,7H2,1H3. The summed E-state index contributed by atoms with van der Waals surface area (Å²) in [5.41, 5.74) is 3.48. The van der Waals surface area contributed by atoms with Gasteiger partial charge >= 0.3 is 0 Å². The van der Waals surface area contributed by atoms with Crippen molar-refractivity contribution in [3.05, 3.63) is 46.0 Å². The monoisotopic (exact) mass is 220 g/mol. The van der Waals surface area contributed by atoms with Gasteiger partial charge in [0.25, 0.3) is 0 Å². The number of aryl methyl sites for hydroxylation is 1. The van der Waals surface area contributed by atoms with Crippen LogP contribution in [0.4, 0.5) is 0 Å². The highest BCUT2D eigenvalue weighted by atomic mass is 35.5. The number of benzene rings is 1. The average molecular weight is 221 g/mol. The Hall–Kier alpha value is -1.08. The Morgan fingerprint density at radius 2 is 2.13 bits per heavy atom. The molecule has 0 heterocycles. The van der Waals surface area contributed by atoms with E-state index < -0.39 is 0 Å². The van der Waals surface area contributed by atoms with Crippen molar-refractivity contribution in [2.24, 2.45) is 0 Å². The zero-order valence-electron chi connectivity index (χ0n) is 8.72. The van der Waals surface area contributed by atoms with E-state index in [9.17, 15) is 4.79 Å². The summed E-state index contributed by atoms with van der Waals surface area (Å²) in [6, 6.07) is 6.06. The Balaban J connectivity index is 2.18. The van der Waals surface area contributed by atoms with Crippen molar-refractivity contribution in [3.8, 4) is 0 Å². The normalized spacial score (nSPS) is 15.6. The molecule has 0 unspecified atom stereocenters. The van der Waals surface area contributed by atoms with Gasteiger partial charge in [0.1, 0.15) is 0 Å². The molecule has 0 bridgehead atoms. The molecule has 78 valence electrons. The molecule has 1 aliphatic carbocycles. The third-order valence-corrected chi connectivity index (χ3v) is 3.04. The van der Waals surface area contributed by atoms with E-state index in [4.69, 9.17) is 11.6 Å². The van der Waals surface area contributed by atoms with Gasteiger partial charge in [-0.15, -0.1) is 0 Å². The maximum absolute atomic E-state index is 11.1. The van der Waals surface area contributed by atoms with Gasteiger partial charge in [-0.05, 0) is 43.0 Å². The highest BCUT2D eigenvalue weighted by Gasteiger charge is 2.13. The number of hydrogen-bond acceptors (Lipinski definition) is 1. The Kier molecular flexibility index (Phi) is 2.92. The molecule has 0 N–H and O–H groups in total. The molecule has 1 aromatic carbocycles. The number of allylic oxidation sites excluding steroid dienone is 2. The quantitative estimate of drug-likeness (QED) is 0.746. The van der Waals surface area contributed by atoms with Crippen molar-refractivity contribution in [1.82, 2.24) is 0 Å². The lowest BCUT2D eigenvalue weighted by Gasteiger charge is -2.05. The summed E-state index contributed by atoms with van der Waals surface area (Å²) in [6.45, 7) is 2.02. The van der Waals surface area contributed by atoms with E-state index in [0.717, 1.165) is 23.4 Å². The first-order chi connectivity index (χ1) is 7.15. The van der Waals surface area contributed by atoms with Gasteiger partial charge in [-0.25, -0.2) is 0 Å². The van der Waals surface area contributed by atoms with Gasteiger partial charge in [-0.2, -0.15) is 0 Å². The number of hydrogen-bond donors (Lipinski definition) is 0. The summed E-state index contributed by atoms with van der Waals surface area (Å²) in [5.74, 6) is 0.244. The molecule has 0 aromatic heterocycles. The van der Waals surface area contributed by atoms with Crippen LogP contribution in [0.3, 0.4) is 0 Å². The summed E-state index contributed by atoms with van der Waals surface area (Å²) < 4.78 is 0. The van der Waals surface area contributed by atoms with Gasteiger partial charge in [0, 0.05) is 11.4 Å². The van der Waals surface area contributed by atoms with Gasteiger partial charge in [-0.3, -0.25) is 4.79 Å². The maximum atomic E-state index is 11.1. The molecule has 2 heteroatoms. The highest BCUT2D eigenvalue weighted by molar-refractivity contribution is 6.31. The fourth-order valence-corrected chi connectivity index (χ4v) is 2.14. The molecule has 1 nitrogen and oxygen atoms in total. The maximum Gasteiger partial charge on any atom is 0.155 e. The van der Waals surface area contributed by atoms with Crippen molar-refractivity contribution >= 4 is 17.4 Å². The van der Waals surface area contributed by atoms with E-state index in [1.165, 1.54) is 11.1 Å². The zero-order chi connectivity index (χ0) is 10.8. The molecule has 0 spiro atoms. The van der Waals surface area contributed by atoms with Crippen LogP contribution in [0, 0.1) is 6.92 Å². The largest absolute Gasteiger partial charge is 0.295 e. The second-order valence-electron chi connectivity index (χ2n) is 4.04. The molecule has 0 saturated carbocycles. The SMILES string of the molecule is Cc1ccc(CC2=CC(=O)CC2)c(Cl)c1. The van der Waals surface area contributed by atoms with Crippen LogP contribution >= 0.6 is 11.6 Å². The molecule has 1 aliphatic rings. The van der Waals surface area contributed by atoms with Crippen molar-refractivity contribution in [2.45, 2.75) is 26.2 Å². The van der Waals surface area contributed by atoms with E-state index in [-0.39, 0.29) is 5.78 Å². The zero-order valence-corrected chi connectivity index (χ0v) is 9.47. The lowest BCUT2D eigenvalue weighted by atomic mass is 10.0. The highest BCUT2D eigenvalue weighted by Crippen LogP contribution is 2.24. The van der Waals surface area contributed by atoms with Gasteiger partial charge in [0.2, 0.25) is 0 Å². The van der Waals surface area contributed by atoms with Crippen LogP contribution in [-0.2, 0) is 11.2 Å². The minimum Gasteiger partial charge on any atom is -0.295 e. The van der Waals surface area contributed by atoms with Crippen LogP contribution in [-0.4, -0.2) is 5.78 Å². The second kappa shape index (κ2) is 4.19. The van der Waals surface area contributed by atoms with Gasteiger partial charge in [0.05, 0.1) is 0 Å². The van der Waals surface area contributed by atoms with Crippen LogP contribution in [0.2, 0.25) is 5.02 Å². The van der Waals surface area contributed by atoms with Crippen molar-refractivity contribution in [2.75, 3.05) is 0 Å². The van der Waals surface area contributed by atoms with Crippen LogP contribution in [0.5, 0.6) is 0 Å². The molecule has 0 radical (unpaired) electrons. The average Bonchev–Trinajstić information content (AvgIpc) is 2.56. The fraction of sp³-hybridized carbons (Fsp3) is 0.308. The number of halogens is 1. The van der Waals surface area contributed by atoms with Crippen LogP contribution in [0.1, 0.15) is 24.0 Å². The molecule has 0 aliphatic heterocycles. The number of ketones is 1. The van der Waals surface area contributed by atoms with Gasteiger partial charge in [-0.1, -0.05) is 29.3 Å². The van der Waals surface area contributed by atoms with Crippen molar-refractivity contribution in [3.63, 3.8) is 0 Å². The molecule has 0 amide bonds. The first-order valence-electron chi connectivity index (χ1n) is 5.12. The Bertz CT molecular complexity index is 432.